The van der Waals surface area contributed by atoms with Crippen LogP contribution in [0.25, 0.3) is 0 Å². The van der Waals surface area contributed by atoms with Crippen LogP contribution in [0.4, 0.5) is 0 Å². The van der Waals surface area contributed by atoms with Gasteiger partial charge >= 0.3 is 0 Å². The minimum absolute atomic E-state index is 0.146. The lowest BCUT2D eigenvalue weighted by Crippen LogP contribution is -2.45. The molecular formula is C17H26N2O4. The van der Waals surface area contributed by atoms with E-state index in [0.717, 1.165) is 5.56 Å². The number of hydrogen-bond donors (Lipinski definition) is 3. The lowest BCUT2D eigenvalue weighted by molar-refractivity contribution is -0.137. The molecule has 0 aliphatic rings. The number of aliphatic hydroxyl groups is 2. The summed E-state index contributed by atoms with van der Waals surface area (Å²) in [5, 5.41) is 21.5. The summed E-state index contributed by atoms with van der Waals surface area (Å²) in [6.45, 7) is 3.27. The number of amides is 1. The van der Waals surface area contributed by atoms with Gasteiger partial charge in [-0.3, -0.25) is 14.6 Å². The summed E-state index contributed by atoms with van der Waals surface area (Å²) in [4.78, 5) is 27.5. The van der Waals surface area contributed by atoms with Gasteiger partial charge in [-0.25, -0.2) is 0 Å². The number of Topliss-reactive ketones (excluding diaryl/α,β-unsaturated/α-hetero) is 1. The number of rotatable bonds is 10. The van der Waals surface area contributed by atoms with Crippen molar-refractivity contribution in [3.8, 4) is 0 Å². The second-order valence-electron chi connectivity index (χ2n) is 6.34. The Bertz CT molecular complexity index is 503. The van der Waals surface area contributed by atoms with Crippen molar-refractivity contribution in [2.75, 3.05) is 13.2 Å². The Labute approximate surface area is 136 Å². The Hall–Kier alpha value is -1.79. The smallest absolute Gasteiger partial charge is 0.249 e. The van der Waals surface area contributed by atoms with E-state index in [9.17, 15) is 14.7 Å². The van der Waals surface area contributed by atoms with Crippen molar-refractivity contribution in [3.05, 3.63) is 30.1 Å². The molecule has 0 aliphatic carbocycles. The van der Waals surface area contributed by atoms with Gasteiger partial charge in [-0.05, 0) is 30.5 Å². The van der Waals surface area contributed by atoms with E-state index in [2.05, 4.69) is 10.3 Å². The number of ketones is 1. The number of nitrogens with one attached hydrogen (secondary N) is 1. The molecule has 0 saturated carbocycles. The standard InChI is InChI=1S/C17H26N2O4/c1-17(2,12-20)15(22)16(23)19-9-3-4-14(21)6-5-13-7-10-18-11-8-13/h7-8,10-11,15,20,22H,3-6,9,12H2,1-2H3,(H,19,23)/t15-/m0/s1. The fourth-order valence-electron chi connectivity index (χ4n) is 1.99. The first kappa shape index (κ1) is 19.3. The van der Waals surface area contributed by atoms with Crippen LogP contribution in [0.2, 0.25) is 0 Å². The van der Waals surface area contributed by atoms with Gasteiger partial charge < -0.3 is 15.5 Å². The van der Waals surface area contributed by atoms with Crippen molar-refractivity contribution in [2.45, 2.75) is 45.6 Å². The average molecular weight is 322 g/mol. The maximum absolute atomic E-state index is 11.8. The molecule has 1 rings (SSSR count). The van der Waals surface area contributed by atoms with Gasteiger partial charge in [-0.15, -0.1) is 0 Å². The molecule has 3 N–H and O–H groups in total. The van der Waals surface area contributed by atoms with Crippen molar-refractivity contribution in [3.63, 3.8) is 0 Å². The molecule has 0 aromatic carbocycles. The number of carbonyl (C=O) groups is 2. The summed E-state index contributed by atoms with van der Waals surface area (Å²) in [5.41, 5.74) is 0.195. The van der Waals surface area contributed by atoms with Crippen LogP contribution < -0.4 is 5.32 Å². The van der Waals surface area contributed by atoms with Crippen LogP contribution in [-0.2, 0) is 16.0 Å². The van der Waals surface area contributed by atoms with E-state index in [0.29, 0.717) is 32.2 Å². The van der Waals surface area contributed by atoms with E-state index >= 15 is 0 Å². The molecule has 0 radical (unpaired) electrons. The van der Waals surface area contributed by atoms with E-state index in [1.54, 1.807) is 26.2 Å². The van der Waals surface area contributed by atoms with Gasteiger partial charge in [0.15, 0.2) is 0 Å². The number of aromatic nitrogens is 1. The predicted molar refractivity (Wildman–Crippen MR) is 86.7 cm³/mol. The summed E-state index contributed by atoms with van der Waals surface area (Å²) in [5.74, 6) is -0.374. The van der Waals surface area contributed by atoms with Crippen molar-refractivity contribution in [1.29, 1.82) is 0 Å². The highest BCUT2D eigenvalue weighted by Gasteiger charge is 2.32. The molecule has 0 spiro atoms. The van der Waals surface area contributed by atoms with Crippen molar-refractivity contribution < 1.29 is 19.8 Å². The fraction of sp³-hybridized carbons (Fsp3) is 0.588. The second kappa shape index (κ2) is 9.37. The number of pyridine rings is 1. The highest BCUT2D eigenvalue weighted by Crippen LogP contribution is 2.19. The normalized spacial score (nSPS) is 12.7. The van der Waals surface area contributed by atoms with E-state index in [-0.39, 0.29) is 12.4 Å². The van der Waals surface area contributed by atoms with Crippen LogP contribution >= 0.6 is 0 Å². The third kappa shape index (κ3) is 6.88. The number of aliphatic hydroxyl groups excluding tert-OH is 2. The first-order valence-corrected chi connectivity index (χ1v) is 7.84. The molecule has 1 amide bonds. The maximum Gasteiger partial charge on any atom is 0.249 e. The molecule has 0 fully saturated rings. The third-order valence-electron chi connectivity index (χ3n) is 3.77. The number of nitrogens with zero attached hydrogens (tertiary/aromatic N) is 1. The molecule has 6 nitrogen and oxygen atoms in total. The maximum atomic E-state index is 11.8. The number of hydrogen-bond acceptors (Lipinski definition) is 5. The van der Waals surface area contributed by atoms with Crippen LogP contribution in [0.3, 0.4) is 0 Å². The molecule has 0 bridgehead atoms. The Balaban J connectivity index is 2.19. The Morgan fingerprint density at radius 1 is 1.26 bits per heavy atom. The highest BCUT2D eigenvalue weighted by atomic mass is 16.3. The molecule has 6 heteroatoms. The van der Waals surface area contributed by atoms with Crippen LogP contribution in [0.1, 0.15) is 38.7 Å². The molecule has 23 heavy (non-hydrogen) atoms. The van der Waals surface area contributed by atoms with Gasteiger partial charge in [-0.1, -0.05) is 13.8 Å². The number of carbonyl (C=O) groups excluding carboxylic acids is 2. The molecule has 1 aromatic rings. The topological polar surface area (TPSA) is 99.5 Å². The van der Waals surface area contributed by atoms with Gasteiger partial charge in [0.25, 0.3) is 0 Å². The molecule has 128 valence electrons. The van der Waals surface area contributed by atoms with Crippen molar-refractivity contribution in [1.82, 2.24) is 10.3 Å². The lowest BCUT2D eigenvalue weighted by atomic mass is 9.87. The summed E-state index contributed by atoms with van der Waals surface area (Å²) in [6, 6.07) is 3.77. The van der Waals surface area contributed by atoms with E-state index in [4.69, 9.17) is 5.11 Å². The van der Waals surface area contributed by atoms with Gasteiger partial charge in [0.1, 0.15) is 11.9 Å². The predicted octanol–water partition coefficient (Wildman–Crippen LogP) is 0.859. The lowest BCUT2D eigenvalue weighted by Gasteiger charge is -2.27. The fourth-order valence-corrected chi connectivity index (χ4v) is 1.99. The minimum atomic E-state index is -1.27. The summed E-state index contributed by atoms with van der Waals surface area (Å²) in [6.07, 6.45) is 4.23. The van der Waals surface area contributed by atoms with E-state index in [1.165, 1.54) is 0 Å². The summed E-state index contributed by atoms with van der Waals surface area (Å²) < 4.78 is 0. The first-order chi connectivity index (χ1) is 10.9. The largest absolute Gasteiger partial charge is 0.396 e. The molecule has 1 atom stereocenters. The van der Waals surface area contributed by atoms with Crippen molar-refractivity contribution >= 4 is 11.7 Å². The molecule has 1 heterocycles. The van der Waals surface area contributed by atoms with Crippen LogP contribution in [0.15, 0.2) is 24.5 Å². The van der Waals surface area contributed by atoms with Gasteiger partial charge in [0, 0.05) is 37.2 Å². The third-order valence-corrected chi connectivity index (χ3v) is 3.77. The molecule has 0 unspecified atom stereocenters. The van der Waals surface area contributed by atoms with Crippen LogP contribution in [-0.4, -0.2) is 46.1 Å². The SMILES string of the molecule is CC(C)(CO)[C@@H](O)C(=O)NCCCC(=O)CCc1ccncc1. The zero-order valence-corrected chi connectivity index (χ0v) is 13.8. The Morgan fingerprint density at radius 2 is 1.91 bits per heavy atom. The molecule has 1 aromatic heterocycles. The minimum Gasteiger partial charge on any atom is -0.396 e. The number of aryl methyl sites for hydroxylation is 1. The Morgan fingerprint density at radius 3 is 2.52 bits per heavy atom. The first-order valence-electron chi connectivity index (χ1n) is 7.84. The zero-order chi connectivity index (χ0) is 17.3. The van der Waals surface area contributed by atoms with Crippen LogP contribution in [0.5, 0.6) is 0 Å². The van der Waals surface area contributed by atoms with E-state index in [1.807, 2.05) is 12.1 Å². The molecule has 0 aliphatic heterocycles. The van der Waals surface area contributed by atoms with Gasteiger partial charge in [0.05, 0.1) is 6.61 Å². The molecular weight excluding hydrogens is 296 g/mol. The molecule has 0 saturated heterocycles. The summed E-state index contributed by atoms with van der Waals surface area (Å²) >= 11 is 0. The quantitative estimate of drug-likeness (QED) is 0.555. The average Bonchev–Trinajstić information content (AvgIpc) is 2.56. The highest BCUT2D eigenvalue weighted by molar-refractivity contribution is 5.81. The van der Waals surface area contributed by atoms with Gasteiger partial charge in [0.2, 0.25) is 5.91 Å². The zero-order valence-electron chi connectivity index (χ0n) is 13.8. The second-order valence-corrected chi connectivity index (χ2v) is 6.34. The van der Waals surface area contributed by atoms with E-state index < -0.39 is 17.4 Å². The van der Waals surface area contributed by atoms with Gasteiger partial charge in [-0.2, -0.15) is 0 Å². The Kier molecular flexibility index (Phi) is 7.85. The van der Waals surface area contributed by atoms with Crippen molar-refractivity contribution in [2.24, 2.45) is 5.41 Å². The monoisotopic (exact) mass is 322 g/mol. The van der Waals surface area contributed by atoms with Crippen LogP contribution in [0, 0.1) is 5.41 Å². The summed E-state index contributed by atoms with van der Waals surface area (Å²) in [7, 11) is 0.